The lowest BCUT2D eigenvalue weighted by molar-refractivity contribution is -0.130. The van der Waals surface area contributed by atoms with Crippen molar-refractivity contribution in [3.63, 3.8) is 0 Å². The van der Waals surface area contributed by atoms with Gasteiger partial charge in [0.2, 0.25) is 5.91 Å². The molecule has 1 aliphatic rings. The maximum absolute atomic E-state index is 13.5. The van der Waals surface area contributed by atoms with Crippen molar-refractivity contribution in [3.05, 3.63) is 102 Å². The molecule has 0 unspecified atom stereocenters. The molecule has 45 heavy (non-hydrogen) atoms. The van der Waals surface area contributed by atoms with Crippen LogP contribution in [0.3, 0.4) is 0 Å². The number of rotatable bonds is 15. The highest BCUT2D eigenvalue weighted by atomic mass is 16.6. The van der Waals surface area contributed by atoms with E-state index in [1.54, 1.807) is 24.3 Å². The number of benzene rings is 3. The molecule has 9 nitrogen and oxygen atoms in total. The number of ketones is 1. The van der Waals surface area contributed by atoms with Crippen LogP contribution in [0.4, 0.5) is 10.5 Å². The van der Waals surface area contributed by atoms with E-state index in [9.17, 15) is 24.3 Å². The van der Waals surface area contributed by atoms with Crippen LogP contribution in [0.2, 0.25) is 0 Å². The molecular weight excluding hydrogens is 570 g/mol. The highest BCUT2D eigenvalue weighted by Gasteiger charge is 2.39. The number of hydrogen-bond acceptors (Lipinski definition) is 6. The van der Waals surface area contributed by atoms with Gasteiger partial charge >= 0.3 is 6.09 Å². The summed E-state index contributed by atoms with van der Waals surface area (Å²) in [5.74, 6) is -1.24. The van der Waals surface area contributed by atoms with Gasteiger partial charge in [-0.15, -0.1) is 0 Å². The van der Waals surface area contributed by atoms with Gasteiger partial charge in [0.1, 0.15) is 0 Å². The van der Waals surface area contributed by atoms with Gasteiger partial charge in [0.25, 0.3) is 5.91 Å². The number of cyclic esters (lactones) is 1. The molecule has 1 saturated heterocycles. The molecule has 3 aromatic rings. The minimum absolute atomic E-state index is 0.0493. The van der Waals surface area contributed by atoms with Gasteiger partial charge in [-0.05, 0) is 54.4 Å². The summed E-state index contributed by atoms with van der Waals surface area (Å²) in [6, 6.07) is 26.9. The van der Waals surface area contributed by atoms with Gasteiger partial charge in [0.15, 0.2) is 11.9 Å². The first-order valence-corrected chi connectivity index (χ1v) is 15.5. The van der Waals surface area contributed by atoms with Gasteiger partial charge < -0.3 is 20.5 Å². The Labute approximate surface area is 265 Å². The van der Waals surface area contributed by atoms with E-state index < -0.39 is 36.3 Å². The van der Waals surface area contributed by atoms with E-state index in [0.717, 1.165) is 11.1 Å². The molecule has 0 radical (unpaired) electrons. The zero-order valence-corrected chi connectivity index (χ0v) is 26.1. The van der Waals surface area contributed by atoms with E-state index in [1.165, 1.54) is 11.8 Å². The van der Waals surface area contributed by atoms with E-state index in [4.69, 9.17) is 4.74 Å². The first-order valence-electron chi connectivity index (χ1n) is 15.5. The van der Waals surface area contributed by atoms with Crippen molar-refractivity contribution in [2.75, 3.05) is 11.4 Å². The standard InChI is InChI=1S/C36H43N3O6/c1-24(2)34(37-25(3)40)32(42)22-28(19-26-13-7-4-8-14-26)21-31(41)30(20-27-15-9-5-10-16-27)38-35(43)33-23-39(36(44)45-33)29-17-11-6-12-18-29/h4-18,24,28,30-31,33-34,41H,19-23H2,1-3H3,(H,37,40)(H,38,43)/t28-,30-,31-,33+,34-/m0/s1. The maximum atomic E-state index is 13.5. The summed E-state index contributed by atoms with van der Waals surface area (Å²) in [5.41, 5.74) is 2.56. The Bertz CT molecular complexity index is 1420. The van der Waals surface area contributed by atoms with Crippen LogP contribution in [0.15, 0.2) is 91.0 Å². The molecule has 3 N–H and O–H groups in total. The Morgan fingerprint density at radius 2 is 1.42 bits per heavy atom. The van der Waals surface area contributed by atoms with Gasteiger partial charge in [0, 0.05) is 19.0 Å². The molecule has 3 aromatic carbocycles. The van der Waals surface area contributed by atoms with Crippen LogP contribution in [0, 0.1) is 11.8 Å². The Hall–Kier alpha value is -4.50. The van der Waals surface area contributed by atoms with Gasteiger partial charge in [0.05, 0.1) is 24.7 Å². The molecule has 238 valence electrons. The van der Waals surface area contributed by atoms with Crippen LogP contribution < -0.4 is 15.5 Å². The van der Waals surface area contributed by atoms with Crippen molar-refractivity contribution in [1.29, 1.82) is 0 Å². The third kappa shape index (κ3) is 9.74. The number of nitrogens with one attached hydrogen (secondary N) is 2. The average molecular weight is 614 g/mol. The topological polar surface area (TPSA) is 125 Å². The Morgan fingerprint density at radius 3 is 1.98 bits per heavy atom. The van der Waals surface area contributed by atoms with Gasteiger partial charge in [-0.1, -0.05) is 92.7 Å². The van der Waals surface area contributed by atoms with E-state index in [2.05, 4.69) is 10.6 Å². The van der Waals surface area contributed by atoms with Crippen molar-refractivity contribution in [2.45, 2.75) is 70.7 Å². The summed E-state index contributed by atoms with van der Waals surface area (Å²) < 4.78 is 5.43. The van der Waals surface area contributed by atoms with E-state index >= 15 is 0 Å². The van der Waals surface area contributed by atoms with Gasteiger partial charge in [-0.25, -0.2) is 4.79 Å². The lowest BCUT2D eigenvalue weighted by Crippen LogP contribution is -2.50. The molecule has 0 aromatic heterocycles. The molecule has 0 spiro atoms. The number of anilines is 1. The fourth-order valence-electron chi connectivity index (χ4n) is 5.79. The summed E-state index contributed by atoms with van der Waals surface area (Å²) in [6.45, 7) is 5.22. The molecule has 5 atom stereocenters. The van der Waals surface area contributed by atoms with Crippen molar-refractivity contribution >= 4 is 29.4 Å². The molecule has 0 saturated carbocycles. The number of amides is 3. The number of carbonyl (C=O) groups is 4. The minimum atomic E-state index is -1.05. The lowest BCUT2D eigenvalue weighted by Gasteiger charge is -2.29. The number of nitrogens with zero attached hydrogens (tertiary/aromatic N) is 1. The highest BCUT2D eigenvalue weighted by Crippen LogP contribution is 2.25. The van der Waals surface area contributed by atoms with Crippen LogP contribution in [-0.2, 0) is 32.0 Å². The molecular formula is C36H43N3O6. The average Bonchev–Trinajstić information content (AvgIpc) is 3.42. The normalized spacial score (nSPS) is 17.2. The summed E-state index contributed by atoms with van der Waals surface area (Å²) in [6.07, 6.45) is -1.43. The Kier molecular flexibility index (Phi) is 11.9. The van der Waals surface area contributed by atoms with Crippen LogP contribution in [0.25, 0.3) is 0 Å². The second-order valence-electron chi connectivity index (χ2n) is 12.1. The SMILES string of the molecule is CC(=O)N[C@H](C(=O)C[C@@H](Cc1ccccc1)C[C@H](O)[C@H](Cc1ccccc1)NC(=O)[C@H]1CN(c2ccccc2)C(=O)O1)C(C)C. The zero-order chi connectivity index (χ0) is 32.3. The number of aliphatic hydroxyl groups excluding tert-OH is 1. The summed E-state index contributed by atoms with van der Waals surface area (Å²) in [7, 11) is 0. The molecule has 3 amide bonds. The van der Waals surface area contributed by atoms with Crippen LogP contribution in [0.1, 0.15) is 44.7 Å². The van der Waals surface area contributed by atoms with Crippen LogP contribution >= 0.6 is 0 Å². The molecule has 0 bridgehead atoms. The fraction of sp³-hybridized carbons (Fsp3) is 0.389. The van der Waals surface area contributed by atoms with Crippen molar-refractivity contribution in [3.8, 4) is 0 Å². The first kappa shape index (κ1) is 33.4. The third-order valence-corrected chi connectivity index (χ3v) is 8.07. The van der Waals surface area contributed by atoms with Crippen LogP contribution in [-0.4, -0.2) is 59.6 Å². The number of aliphatic hydroxyl groups is 1. The zero-order valence-electron chi connectivity index (χ0n) is 26.1. The van der Waals surface area contributed by atoms with Gasteiger partial charge in [-0.2, -0.15) is 0 Å². The summed E-state index contributed by atoms with van der Waals surface area (Å²) >= 11 is 0. The molecule has 4 rings (SSSR count). The molecule has 9 heteroatoms. The molecule has 1 aliphatic heterocycles. The fourth-order valence-corrected chi connectivity index (χ4v) is 5.79. The number of Topliss-reactive ketones (excluding diaryl/α,β-unsaturated/α-hetero) is 1. The van der Waals surface area contributed by atoms with E-state index in [1.807, 2.05) is 80.6 Å². The van der Waals surface area contributed by atoms with Crippen molar-refractivity contribution < 1.29 is 29.0 Å². The number of para-hydroxylation sites is 1. The summed E-state index contributed by atoms with van der Waals surface area (Å²) in [4.78, 5) is 52.8. The van der Waals surface area contributed by atoms with E-state index in [-0.39, 0.29) is 42.9 Å². The number of ether oxygens (including phenoxy) is 1. The Morgan fingerprint density at radius 1 is 0.867 bits per heavy atom. The van der Waals surface area contributed by atoms with Gasteiger partial charge in [-0.3, -0.25) is 19.3 Å². The molecule has 1 fully saturated rings. The highest BCUT2D eigenvalue weighted by molar-refractivity contribution is 5.95. The van der Waals surface area contributed by atoms with E-state index in [0.29, 0.717) is 18.5 Å². The molecule has 0 aliphatic carbocycles. The maximum Gasteiger partial charge on any atom is 0.415 e. The number of hydrogen-bond donors (Lipinski definition) is 3. The smallest absolute Gasteiger partial charge is 0.415 e. The second-order valence-corrected chi connectivity index (χ2v) is 12.1. The largest absolute Gasteiger partial charge is 0.434 e. The first-order chi connectivity index (χ1) is 21.6. The Balaban J connectivity index is 1.52. The van der Waals surface area contributed by atoms with Crippen molar-refractivity contribution in [2.24, 2.45) is 11.8 Å². The molecule has 1 heterocycles. The second kappa shape index (κ2) is 16.0. The number of carbonyl (C=O) groups excluding carboxylic acids is 4. The predicted molar refractivity (Wildman–Crippen MR) is 172 cm³/mol. The quantitative estimate of drug-likeness (QED) is 0.232. The lowest BCUT2D eigenvalue weighted by atomic mass is 9.84. The monoisotopic (exact) mass is 613 g/mol. The van der Waals surface area contributed by atoms with Crippen LogP contribution in [0.5, 0.6) is 0 Å². The third-order valence-electron chi connectivity index (χ3n) is 8.07. The minimum Gasteiger partial charge on any atom is -0.434 e. The predicted octanol–water partition coefficient (Wildman–Crippen LogP) is 4.47. The summed E-state index contributed by atoms with van der Waals surface area (Å²) in [5, 5.41) is 17.4. The van der Waals surface area contributed by atoms with Crippen molar-refractivity contribution in [1.82, 2.24) is 10.6 Å².